The van der Waals surface area contributed by atoms with Gasteiger partial charge < -0.3 is 15.7 Å². The molecule has 0 radical (unpaired) electrons. The topological polar surface area (TPSA) is 61.4 Å². The first-order valence-electron chi connectivity index (χ1n) is 3.96. The third-order valence-corrected chi connectivity index (χ3v) is 2.76. The molecular formula is C7H12N2O2. The number of carbonyl (C=O) groups is 1. The van der Waals surface area contributed by atoms with Crippen LogP contribution in [0.2, 0.25) is 0 Å². The zero-order valence-corrected chi connectivity index (χ0v) is 6.21. The van der Waals surface area contributed by atoms with Crippen LogP contribution in [0.1, 0.15) is 0 Å². The average Bonchev–Trinajstić information content (AvgIpc) is 2.44. The predicted octanol–water partition coefficient (Wildman–Crippen LogP) is -0.281. The highest BCUT2D eigenvalue weighted by Gasteiger charge is 2.52. The predicted molar refractivity (Wildman–Crippen MR) is 39.4 cm³/mol. The van der Waals surface area contributed by atoms with Crippen molar-refractivity contribution < 1.29 is 9.90 Å². The fourth-order valence-electron chi connectivity index (χ4n) is 2.05. The maximum atomic E-state index is 10.1. The second kappa shape index (κ2) is 2.37. The van der Waals surface area contributed by atoms with Gasteiger partial charge >= 0.3 is 6.09 Å². The van der Waals surface area contributed by atoms with E-state index in [4.69, 9.17) is 5.11 Å². The van der Waals surface area contributed by atoms with Gasteiger partial charge in [0.2, 0.25) is 0 Å². The van der Waals surface area contributed by atoms with Gasteiger partial charge in [0.1, 0.15) is 0 Å². The Labute approximate surface area is 65.0 Å². The Morgan fingerprint density at radius 2 is 2.18 bits per heavy atom. The summed E-state index contributed by atoms with van der Waals surface area (Å²) in [6.45, 7) is 2.81. The van der Waals surface area contributed by atoms with E-state index < -0.39 is 6.09 Å². The summed E-state index contributed by atoms with van der Waals surface area (Å²) in [7, 11) is 0. The summed E-state index contributed by atoms with van der Waals surface area (Å²) in [4.78, 5) is 10.1. The van der Waals surface area contributed by atoms with Crippen LogP contribution in [0, 0.1) is 17.8 Å². The molecule has 1 aliphatic heterocycles. The van der Waals surface area contributed by atoms with E-state index in [-0.39, 0.29) is 0 Å². The second-order valence-electron chi connectivity index (χ2n) is 3.34. The van der Waals surface area contributed by atoms with Gasteiger partial charge in [-0.25, -0.2) is 4.79 Å². The van der Waals surface area contributed by atoms with Crippen LogP contribution in [0.15, 0.2) is 0 Å². The fraction of sp³-hybridized carbons (Fsp3) is 0.857. The number of piperidine rings is 1. The van der Waals surface area contributed by atoms with Crippen molar-refractivity contribution in [3.8, 4) is 0 Å². The molecule has 2 aliphatic rings. The highest BCUT2D eigenvalue weighted by Crippen LogP contribution is 2.47. The Bertz CT molecular complexity index is 173. The van der Waals surface area contributed by atoms with Crippen molar-refractivity contribution in [2.75, 3.05) is 19.6 Å². The van der Waals surface area contributed by atoms with Crippen LogP contribution in [0.3, 0.4) is 0 Å². The Morgan fingerprint density at radius 3 is 2.73 bits per heavy atom. The van der Waals surface area contributed by atoms with Crippen LogP contribution in [0.25, 0.3) is 0 Å². The lowest BCUT2D eigenvalue weighted by atomic mass is 10.3. The average molecular weight is 156 g/mol. The quantitative estimate of drug-likeness (QED) is 0.515. The van der Waals surface area contributed by atoms with Gasteiger partial charge in [0.05, 0.1) is 0 Å². The van der Waals surface area contributed by atoms with E-state index in [1.54, 1.807) is 0 Å². The molecule has 1 heterocycles. The second-order valence-corrected chi connectivity index (χ2v) is 3.34. The van der Waals surface area contributed by atoms with Crippen LogP contribution < -0.4 is 10.6 Å². The first-order valence-corrected chi connectivity index (χ1v) is 3.96. The number of hydrogen-bond donors (Lipinski definition) is 3. The van der Waals surface area contributed by atoms with E-state index in [0.29, 0.717) is 12.5 Å². The molecule has 11 heavy (non-hydrogen) atoms. The van der Waals surface area contributed by atoms with Crippen molar-refractivity contribution in [3.05, 3.63) is 0 Å². The highest BCUT2D eigenvalue weighted by atomic mass is 16.4. The van der Waals surface area contributed by atoms with Gasteiger partial charge in [-0.15, -0.1) is 0 Å². The molecule has 4 heteroatoms. The Morgan fingerprint density at radius 1 is 1.55 bits per heavy atom. The van der Waals surface area contributed by atoms with Crippen molar-refractivity contribution in [2.24, 2.45) is 17.8 Å². The maximum Gasteiger partial charge on any atom is 0.404 e. The molecule has 0 bridgehead atoms. The minimum absolute atomic E-state index is 0.618. The van der Waals surface area contributed by atoms with Crippen molar-refractivity contribution in [1.29, 1.82) is 0 Å². The third-order valence-electron chi connectivity index (χ3n) is 2.76. The van der Waals surface area contributed by atoms with Crippen molar-refractivity contribution in [2.45, 2.75) is 0 Å². The summed E-state index contributed by atoms with van der Waals surface area (Å²) in [5.74, 6) is 2.12. The zero-order valence-electron chi connectivity index (χ0n) is 6.21. The molecule has 2 rings (SSSR count). The van der Waals surface area contributed by atoms with Gasteiger partial charge in [0.25, 0.3) is 0 Å². The number of rotatable bonds is 2. The molecule has 1 saturated carbocycles. The lowest BCUT2D eigenvalue weighted by Crippen LogP contribution is -2.27. The van der Waals surface area contributed by atoms with Gasteiger partial charge in [0, 0.05) is 6.54 Å². The monoisotopic (exact) mass is 156 g/mol. The van der Waals surface area contributed by atoms with Gasteiger partial charge in [-0.2, -0.15) is 0 Å². The summed E-state index contributed by atoms with van der Waals surface area (Å²) in [5, 5.41) is 14.0. The molecule has 0 aromatic carbocycles. The van der Waals surface area contributed by atoms with Crippen LogP contribution in [0.4, 0.5) is 4.79 Å². The van der Waals surface area contributed by atoms with Gasteiger partial charge in [-0.05, 0) is 30.8 Å². The number of fused-ring (bicyclic) bond motifs is 1. The van der Waals surface area contributed by atoms with E-state index in [2.05, 4.69) is 10.6 Å². The van der Waals surface area contributed by atoms with Crippen LogP contribution in [0.5, 0.6) is 0 Å². The molecule has 1 saturated heterocycles. The molecule has 1 aliphatic carbocycles. The molecular weight excluding hydrogens is 144 g/mol. The van der Waals surface area contributed by atoms with Crippen LogP contribution in [-0.2, 0) is 0 Å². The van der Waals surface area contributed by atoms with Crippen molar-refractivity contribution >= 4 is 6.09 Å². The van der Waals surface area contributed by atoms with E-state index in [9.17, 15) is 4.79 Å². The van der Waals surface area contributed by atoms with Gasteiger partial charge in [-0.1, -0.05) is 0 Å². The number of nitrogens with one attached hydrogen (secondary N) is 2. The fourth-order valence-corrected chi connectivity index (χ4v) is 2.05. The molecule has 3 atom stereocenters. The Balaban J connectivity index is 1.71. The van der Waals surface area contributed by atoms with Gasteiger partial charge in [0.15, 0.2) is 0 Å². The summed E-state index contributed by atoms with van der Waals surface area (Å²) >= 11 is 0. The summed E-state index contributed by atoms with van der Waals surface area (Å²) in [5.41, 5.74) is 0. The first kappa shape index (κ1) is 6.91. The smallest absolute Gasteiger partial charge is 0.404 e. The van der Waals surface area contributed by atoms with E-state index >= 15 is 0 Å². The molecule has 3 N–H and O–H groups in total. The van der Waals surface area contributed by atoms with Crippen LogP contribution >= 0.6 is 0 Å². The van der Waals surface area contributed by atoms with Crippen LogP contribution in [-0.4, -0.2) is 30.8 Å². The zero-order chi connectivity index (χ0) is 7.84. The van der Waals surface area contributed by atoms with Crippen molar-refractivity contribution in [3.63, 3.8) is 0 Å². The number of hydrogen-bond acceptors (Lipinski definition) is 2. The molecule has 1 unspecified atom stereocenters. The number of amides is 1. The third kappa shape index (κ3) is 1.18. The summed E-state index contributed by atoms with van der Waals surface area (Å²) < 4.78 is 0. The Hall–Kier alpha value is -0.770. The highest BCUT2D eigenvalue weighted by molar-refractivity contribution is 5.64. The molecule has 2 fully saturated rings. The normalized spacial score (nSPS) is 39.8. The standard InChI is InChI=1S/C7H12N2O2/c10-7(11)9-3-6-4-1-8-2-5(4)6/h4-6,8-9H,1-3H2,(H,10,11)/t4-,5+,6?. The first-order chi connectivity index (χ1) is 5.29. The number of carboxylic acid groups (broad SMARTS) is 1. The molecule has 0 aromatic heterocycles. The Kier molecular flexibility index (Phi) is 1.49. The summed E-state index contributed by atoms with van der Waals surface area (Å²) in [6.07, 6.45) is -0.900. The van der Waals surface area contributed by atoms with E-state index in [1.165, 1.54) is 0 Å². The molecule has 0 spiro atoms. The molecule has 62 valence electrons. The van der Waals surface area contributed by atoms with E-state index in [0.717, 1.165) is 24.9 Å². The largest absolute Gasteiger partial charge is 0.465 e. The molecule has 4 nitrogen and oxygen atoms in total. The lowest BCUT2D eigenvalue weighted by molar-refractivity contribution is 0.193. The van der Waals surface area contributed by atoms with E-state index in [1.807, 2.05) is 0 Å². The van der Waals surface area contributed by atoms with Gasteiger partial charge in [-0.3, -0.25) is 0 Å². The SMILES string of the molecule is O=C(O)NCC1[C@H]2CNC[C@@H]12. The maximum absolute atomic E-state index is 10.1. The summed E-state index contributed by atoms with van der Waals surface area (Å²) in [6, 6.07) is 0. The van der Waals surface area contributed by atoms with Crippen molar-refractivity contribution in [1.82, 2.24) is 10.6 Å². The minimum Gasteiger partial charge on any atom is -0.465 e. The molecule has 1 amide bonds. The lowest BCUT2D eigenvalue weighted by Gasteiger charge is -2.02. The molecule has 0 aromatic rings. The minimum atomic E-state index is -0.900.